The van der Waals surface area contributed by atoms with Crippen LogP contribution in [0.2, 0.25) is 0 Å². The smallest absolute Gasteiger partial charge is 0.197 e. The van der Waals surface area contributed by atoms with E-state index in [1.165, 1.54) is 0 Å². The van der Waals surface area contributed by atoms with Crippen molar-refractivity contribution in [3.63, 3.8) is 0 Å². The van der Waals surface area contributed by atoms with Crippen molar-refractivity contribution < 1.29 is 10.2 Å². The zero-order chi connectivity index (χ0) is 20.6. The number of nitrogens with one attached hydrogen (secondary N) is 1. The largest absolute Gasteiger partial charge is 0.507 e. The molecule has 144 valence electrons. The lowest BCUT2D eigenvalue weighted by Crippen LogP contribution is -2.33. The SMILES string of the molecule is N=C(N)N(c1ccc2cccc3c2c1C=C3O)c1ccc2cccc3c2c1C=C3O. The Kier molecular flexibility index (Phi) is 3.14. The molecule has 0 aliphatic heterocycles. The molecule has 0 radical (unpaired) electrons. The number of aliphatic hydroxyl groups excluding tert-OH is 2. The van der Waals surface area contributed by atoms with Crippen molar-refractivity contribution in [2.45, 2.75) is 0 Å². The van der Waals surface area contributed by atoms with E-state index in [1.807, 2.05) is 60.7 Å². The summed E-state index contributed by atoms with van der Waals surface area (Å²) < 4.78 is 0. The molecule has 0 saturated heterocycles. The number of hydrogen-bond acceptors (Lipinski definition) is 3. The van der Waals surface area contributed by atoms with Crippen LogP contribution >= 0.6 is 0 Å². The van der Waals surface area contributed by atoms with Crippen molar-refractivity contribution in [3.05, 3.63) is 82.9 Å². The molecule has 0 spiro atoms. The van der Waals surface area contributed by atoms with Gasteiger partial charge in [0.2, 0.25) is 0 Å². The van der Waals surface area contributed by atoms with Gasteiger partial charge in [0.15, 0.2) is 5.96 Å². The van der Waals surface area contributed by atoms with E-state index in [4.69, 9.17) is 11.1 Å². The fourth-order valence-corrected chi connectivity index (χ4v) is 4.72. The average molecular weight is 391 g/mol. The lowest BCUT2D eigenvalue weighted by atomic mass is 9.99. The second-order valence-corrected chi connectivity index (χ2v) is 7.58. The van der Waals surface area contributed by atoms with Crippen LogP contribution in [0.1, 0.15) is 22.3 Å². The molecule has 5 N–H and O–H groups in total. The average Bonchev–Trinajstić information content (AvgIpc) is 3.26. The maximum atomic E-state index is 10.5. The molecule has 0 bridgehead atoms. The Morgan fingerprint density at radius 3 is 1.60 bits per heavy atom. The second kappa shape index (κ2) is 5.64. The van der Waals surface area contributed by atoms with Gasteiger partial charge < -0.3 is 15.9 Å². The van der Waals surface area contributed by atoms with E-state index in [1.54, 1.807) is 17.1 Å². The molecule has 6 rings (SSSR count). The number of hydrogen-bond donors (Lipinski definition) is 4. The molecule has 4 aromatic rings. The molecule has 0 fully saturated rings. The van der Waals surface area contributed by atoms with Crippen LogP contribution in [-0.4, -0.2) is 16.2 Å². The number of anilines is 2. The third-order valence-electron chi connectivity index (χ3n) is 5.96. The lowest BCUT2D eigenvalue weighted by molar-refractivity contribution is 0.517. The molecule has 0 amide bonds. The predicted molar refractivity (Wildman–Crippen MR) is 123 cm³/mol. The Hall–Kier alpha value is -4.25. The third-order valence-corrected chi connectivity index (χ3v) is 5.96. The zero-order valence-corrected chi connectivity index (χ0v) is 15.8. The number of guanidine groups is 1. The summed E-state index contributed by atoms with van der Waals surface area (Å²) >= 11 is 0. The summed E-state index contributed by atoms with van der Waals surface area (Å²) in [6.07, 6.45) is 3.45. The number of rotatable bonds is 2. The number of nitrogens with zero attached hydrogens (tertiary/aromatic N) is 1. The topological polar surface area (TPSA) is 93.6 Å². The number of nitrogens with two attached hydrogens (primary N) is 1. The van der Waals surface area contributed by atoms with Crippen molar-refractivity contribution in [1.82, 2.24) is 0 Å². The van der Waals surface area contributed by atoms with Crippen molar-refractivity contribution in [3.8, 4) is 0 Å². The van der Waals surface area contributed by atoms with Crippen LogP contribution in [0, 0.1) is 5.41 Å². The van der Waals surface area contributed by atoms with Gasteiger partial charge in [-0.1, -0.05) is 48.5 Å². The van der Waals surface area contributed by atoms with E-state index in [2.05, 4.69) is 0 Å². The highest BCUT2D eigenvalue weighted by atomic mass is 16.3. The maximum absolute atomic E-state index is 10.5. The predicted octanol–water partition coefficient (Wildman–Crippen LogP) is 5.76. The van der Waals surface area contributed by atoms with Gasteiger partial charge in [-0.2, -0.15) is 0 Å². The van der Waals surface area contributed by atoms with E-state index in [0.29, 0.717) is 11.4 Å². The molecule has 0 aromatic heterocycles. The highest BCUT2D eigenvalue weighted by Crippen LogP contribution is 2.46. The molecule has 4 aromatic carbocycles. The summed E-state index contributed by atoms with van der Waals surface area (Å²) in [5.41, 5.74) is 10.7. The van der Waals surface area contributed by atoms with E-state index in [9.17, 15) is 10.2 Å². The van der Waals surface area contributed by atoms with Crippen molar-refractivity contribution in [2.24, 2.45) is 5.73 Å². The molecule has 0 atom stereocenters. The standard InChI is InChI=1S/C25H17N3O2/c26-25(27)28(19-9-7-13-3-1-5-15-21(29)11-17(19)23(13)15)20-10-8-14-4-2-6-16-22(30)12-18(20)24(14)16/h1-12,29-30H,(H3,26,27). The van der Waals surface area contributed by atoms with Gasteiger partial charge in [-0.25, -0.2) is 0 Å². The minimum absolute atomic E-state index is 0.143. The minimum Gasteiger partial charge on any atom is -0.507 e. The highest BCUT2D eigenvalue weighted by molar-refractivity contribution is 6.17. The highest BCUT2D eigenvalue weighted by Gasteiger charge is 2.27. The van der Waals surface area contributed by atoms with E-state index < -0.39 is 0 Å². The van der Waals surface area contributed by atoms with Crippen LogP contribution in [0.3, 0.4) is 0 Å². The third kappa shape index (κ3) is 2.03. The molecule has 2 aliphatic rings. The van der Waals surface area contributed by atoms with E-state index in [0.717, 1.165) is 43.8 Å². The van der Waals surface area contributed by atoms with Gasteiger partial charge in [-0.05, 0) is 35.1 Å². The van der Waals surface area contributed by atoms with Crippen molar-refractivity contribution in [1.29, 1.82) is 5.41 Å². The first-order valence-electron chi connectivity index (χ1n) is 9.62. The Morgan fingerprint density at radius 2 is 1.17 bits per heavy atom. The quantitative estimate of drug-likeness (QED) is 0.258. The second-order valence-electron chi connectivity index (χ2n) is 7.58. The van der Waals surface area contributed by atoms with Crippen molar-refractivity contribution >= 4 is 62.5 Å². The molecule has 0 unspecified atom stereocenters. The Labute approximate surface area is 172 Å². The van der Waals surface area contributed by atoms with Gasteiger partial charge in [0, 0.05) is 33.0 Å². The van der Waals surface area contributed by atoms with Gasteiger partial charge in [-0.3, -0.25) is 10.3 Å². The van der Waals surface area contributed by atoms with Crippen LogP contribution in [0.4, 0.5) is 11.4 Å². The van der Waals surface area contributed by atoms with Crippen LogP contribution in [0.5, 0.6) is 0 Å². The minimum atomic E-state index is -0.143. The Balaban J connectivity index is 1.66. The van der Waals surface area contributed by atoms with E-state index in [-0.39, 0.29) is 17.5 Å². The summed E-state index contributed by atoms with van der Waals surface area (Å²) in [6.45, 7) is 0. The number of benzene rings is 4. The molecular formula is C25H17N3O2. The number of aliphatic hydroxyl groups is 2. The molecule has 2 aliphatic carbocycles. The Bertz CT molecular complexity index is 1390. The van der Waals surface area contributed by atoms with Gasteiger partial charge in [-0.15, -0.1) is 0 Å². The molecule has 30 heavy (non-hydrogen) atoms. The van der Waals surface area contributed by atoms with Crippen molar-refractivity contribution in [2.75, 3.05) is 4.90 Å². The van der Waals surface area contributed by atoms with Gasteiger partial charge in [0.1, 0.15) is 11.5 Å². The maximum Gasteiger partial charge on any atom is 0.197 e. The summed E-state index contributed by atoms with van der Waals surface area (Å²) in [4.78, 5) is 1.67. The molecule has 0 saturated carbocycles. The Morgan fingerprint density at radius 1 is 0.700 bits per heavy atom. The van der Waals surface area contributed by atoms with Crippen LogP contribution < -0.4 is 10.6 Å². The van der Waals surface area contributed by atoms with Gasteiger partial charge >= 0.3 is 0 Å². The first-order chi connectivity index (χ1) is 14.5. The fourth-order valence-electron chi connectivity index (χ4n) is 4.72. The first-order valence-corrected chi connectivity index (χ1v) is 9.62. The summed E-state index contributed by atoms with van der Waals surface area (Å²) in [6, 6.07) is 19.4. The van der Waals surface area contributed by atoms with Crippen LogP contribution in [-0.2, 0) is 0 Å². The van der Waals surface area contributed by atoms with Gasteiger partial charge in [0.25, 0.3) is 0 Å². The normalized spacial score (nSPS) is 13.6. The molecule has 5 nitrogen and oxygen atoms in total. The molecular weight excluding hydrogens is 374 g/mol. The van der Waals surface area contributed by atoms with Crippen LogP contribution in [0.15, 0.2) is 60.7 Å². The van der Waals surface area contributed by atoms with Gasteiger partial charge in [0.05, 0.1) is 11.4 Å². The fraction of sp³-hybridized carbons (Fsp3) is 0. The van der Waals surface area contributed by atoms with Crippen LogP contribution in [0.25, 0.3) is 45.2 Å². The summed E-state index contributed by atoms with van der Waals surface area (Å²) in [5, 5.41) is 33.2. The van der Waals surface area contributed by atoms with E-state index >= 15 is 0 Å². The first kappa shape index (κ1) is 16.7. The molecule has 0 heterocycles. The summed E-state index contributed by atoms with van der Waals surface area (Å²) in [5.74, 6) is 0.264. The summed E-state index contributed by atoms with van der Waals surface area (Å²) in [7, 11) is 0. The monoisotopic (exact) mass is 391 g/mol. The zero-order valence-electron chi connectivity index (χ0n) is 15.8. The molecule has 5 heteroatoms. The lowest BCUT2D eigenvalue weighted by Gasteiger charge is -2.27.